The summed E-state index contributed by atoms with van der Waals surface area (Å²) in [5.74, 6) is -0.484. The van der Waals surface area contributed by atoms with Gasteiger partial charge in [-0.05, 0) is 43.7 Å². The van der Waals surface area contributed by atoms with Gasteiger partial charge in [0, 0.05) is 24.2 Å². The SMILES string of the molecule is Cc1cc(C)cc(-c2ncn(/C=C(/C(=O)O)c3ccncc3)n2)c1. The lowest BCUT2D eigenvalue weighted by Crippen LogP contribution is -2.02. The number of nitrogens with zero attached hydrogens (tertiary/aromatic N) is 4. The van der Waals surface area contributed by atoms with Crippen LogP contribution in [-0.4, -0.2) is 30.8 Å². The lowest BCUT2D eigenvalue weighted by atomic mass is 10.1. The Kier molecular flexibility index (Phi) is 4.20. The molecular formula is C18H16N4O2. The molecule has 0 aliphatic heterocycles. The van der Waals surface area contributed by atoms with Crippen LogP contribution in [0.5, 0.6) is 0 Å². The third-order valence-electron chi connectivity index (χ3n) is 3.47. The Bertz CT molecular complexity index is 894. The minimum absolute atomic E-state index is 0.120. The van der Waals surface area contributed by atoms with Crippen molar-refractivity contribution in [2.45, 2.75) is 13.8 Å². The summed E-state index contributed by atoms with van der Waals surface area (Å²) in [6, 6.07) is 9.35. The molecule has 24 heavy (non-hydrogen) atoms. The van der Waals surface area contributed by atoms with E-state index in [0.29, 0.717) is 11.4 Å². The molecule has 6 heteroatoms. The first-order chi connectivity index (χ1) is 11.5. The third kappa shape index (κ3) is 3.38. The van der Waals surface area contributed by atoms with E-state index in [0.717, 1.165) is 16.7 Å². The molecule has 0 unspecified atom stereocenters. The second-order valence-corrected chi connectivity index (χ2v) is 5.51. The minimum Gasteiger partial charge on any atom is -0.478 e. The topological polar surface area (TPSA) is 80.9 Å². The molecule has 1 aromatic carbocycles. The molecule has 2 aromatic heterocycles. The van der Waals surface area contributed by atoms with E-state index in [1.165, 1.54) is 17.2 Å². The number of rotatable bonds is 4. The number of aromatic nitrogens is 4. The largest absolute Gasteiger partial charge is 0.478 e. The van der Waals surface area contributed by atoms with Crippen LogP contribution in [0.4, 0.5) is 0 Å². The molecule has 0 radical (unpaired) electrons. The third-order valence-corrected chi connectivity index (χ3v) is 3.47. The molecule has 0 spiro atoms. The van der Waals surface area contributed by atoms with Gasteiger partial charge in [-0.15, -0.1) is 5.10 Å². The first kappa shape index (κ1) is 15.6. The number of pyridine rings is 1. The van der Waals surface area contributed by atoms with Crippen LogP contribution in [-0.2, 0) is 4.79 Å². The number of aliphatic carboxylic acids is 1. The number of carboxylic acid groups (broad SMARTS) is 1. The van der Waals surface area contributed by atoms with Crippen LogP contribution in [0, 0.1) is 13.8 Å². The zero-order valence-corrected chi connectivity index (χ0v) is 13.3. The van der Waals surface area contributed by atoms with Gasteiger partial charge in [-0.1, -0.05) is 17.2 Å². The molecule has 3 rings (SSSR count). The highest BCUT2D eigenvalue weighted by molar-refractivity contribution is 6.19. The highest BCUT2D eigenvalue weighted by Crippen LogP contribution is 2.19. The summed E-state index contributed by atoms with van der Waals surface area (Å²) >= 11 is 0. The molecule has 0 atom stereocenters. The van der Waals surface area contributed by atoms with E-state index in [9.17, 15) is 9.90 Å². The van der Waals surface area contributed by atoms with Crippen LogP contribution in [0.25, 0.3) is 23.2 Å². The van der Waals surface area contributed by atoms with Gasteiger partial charge in [0.05, 0.1) is 5.57 Å². The molecule has 0 fully saturated rings. The van der Waals surface area contributed by atoms with Gasteiger partial charge in [0.15, 0.2) is 5.82 Å². The van der Waals surface area contributed by atoms with E-state index in [4.69, 9.17) is 0 Å². The van der Waals surface area contributed by atoms with Crippen LogP contribution < -0.4 is 0 Å². The average molecular weight is 320 g/mol. The lowest BCUT2D eigenvalue weighted by Gasteiger charge is -2.02. The molecule has 1 N–H and O–H groups in total. The fourth-order valence-corrected chi connectivity index (χ4v) is 2.49. The Morgan fingerprint density at radius 2 is 1.79 bits per heavy atom. The Labute approximate surface area is 139 Å². The van der Waals surface area contributed by atoms with Gasteiger partial charge in [0.25, 0.3) is 0 Å². The zero-order valence-electron chi connectivity index (χ0n) is 13.3. The van der Waals surface area contributed by atoms with Crippen molar-refractivity contribution >= 4 is 17.7 Å². The molecule has 120 valence electrons. The van der Waals surface area contributed by atoms with E-state index in [2.05, 4.69) is 21.1 Å². The van der Waals surface area contributed by atoms with Crippen LogP contribution in [0.3, 0.4) is 0 Å². The molecule has 3 aromatic rings. The second kappa shape index (κ2) is 6.45. The van der Waals surface area contributed by atoms with Gasteiger partial charge in [0.2, 0.25) is 0 Å². The second-order valence-electron chi connectivity index (χ2n) is 5.51. The maximum absolute atomic E-state index is 11.5. The standard InChI is InChI=1S/C18H16N4O2/c1-12-7-13(2)9-15(8-12)17-20-11-22(21-17)10-16(18(23)24)14-3-5-19-6-4-14/h3-11H,1-2H3,(H,23,24)/b16-10+. The van der Waals surface area contributed by atoms with Crippen LogP contribution in [0.15, 0.2) is 49.1 Å². The van der Waals surface area contributed by atoms with Gasteiger partial charge < -0.3 is 5.11 Å². The molecular weight excluding hydrogens is 304 g/mol. The lowest BCUT2D eigenvalue weighted by molar-refractivity contribution is -0.130. The Morgan fingerprint density at radius 1 is 1.12 bits per heavy atom. The maximum Gasteiger partial charge on any atom is 0.337 e. The van der Waals surface area contributed by atoms with Crippen LogP contribution in [0.2, 0.25) is 0 Å². The first-order valence-electron chi connectivity index (χ1n) is 7.38. The first-order valence-corrected chi connectivity index (χ1v) is 7.38. The Morgan fingerprint density at radius 3 is 2.42 bits per heavy atom. The number of benzene rings is 1. The van der Waals surface area contributed by atoms with Gasteiger partial charge >= 0.3 is 5.97 Å². The normalized spacial score (nSPS) is 11.5. The van der Waals surface area contributed by atoms with Gasteiger partial charge in [0.1, 0.15) is 6.33 Å². The predicted molar refractivity (Wildman–Crippen MR) is 91.0 cm³/mol. The van der Waals surface area contributed by atoms with Crippen LogP contribution in [0.1, 0.15) is 16.7 Å². The number of hydrogen-bond donors (Lipinski definition) is 1. The van der Waals surface area contributed by atoms with Crippen molar-refractivity contribution in [3.05, 3.63) is 65.7 Å². The Hall–Kier alpha value is -3.28. The van der Waals surface area contributed by atoms with Crippen LogP contribution >= 0.6 is 0 Å². The summed E-state index contributed by atoms with van der Waals surface area (Å²) in [6.45, 7) is 4.03. The van der Waals surface area contributed by atoms with E-state index < -0.39 is 5.97 Å². The van der Waals surface area contributed by atoms with Crippen molar-refractivity contribution in [1.82, 2.24) is 19.7 Å². The molecule has 0 aliphatic rings. The number of hydrogen-bond acceptors (Lipinski definition) is 4. The molecule has 0 saturated carbocycles. The summed E-state index contributed by atoms with van der Waals surface area (Å²) in [5, 5.41) is 13.8. The molecule has 0 saturated heterocycles. The fraction of sp³-hybridized carbons (Fsp3) is 0.111. The van der Waals surface area contributed by atoms with E-state index in [-0.39, 0.29) is 5.57 Å². The summed E-state index contributed by atoms with van der Waals surface area (Å²) in [4.78, 5) is 19.7. The van der Waals surface area contributed by atoms with Crippen molar-refractivity contribution in [3.63, 3.8) is 0 Å². The van der Waals surface area contributed by atoms with E-state index >= 15 is 0 Å². The van der Waals surface area contributed by atoms with Crippen molar-refractivity contribution in [2.75, 3.05) is 0 Å². The van der Waals surface area contributed by atoms with Gasteiger partial charge in [-0.3, -0.25) is 4.98 Å². The number of aryl methyl sites for hydroxylation is 2. The summed E-state index contributed by atoms with van der Waals surface area (Å²) in [5.41, 5.74) is 3.83. The summed E-state index contributed by atoms with van der Waals surface area (Å²) < 4.78 is 1.41. The average Bonchev–Trinajstić information content (AvgIpc) is 3.01. The monoisotopic (exact) mass is 320 g/mol. The maximum atomic E-state index is 11.5. The molecule has 6 nitrogen and oxygen atoms in total. The summed E-state index contributed by atoms with van der Waals surface area (Å²) in [6.07, 6.45) is 6.04. The van der Waals surface area contributed by atoms with Gasteiger partial charge in [-0.25, -0.2) is 14.5 Å². The predicted octanol–water partition coefficient (Wildman–Crippen LogP) is 3.04. The fourth-order valence-electron chi connectivity index (χ4n) is 2.49. The minimum atomic E-state index is -1.04. The van der Waals surface area contributed by atoms with Crippen molar-refractivity contribution in [1.29, 1.82) is 0 Å². The summed E-state index contributed by atoms with van der Waals surface area (Å²) in [7, 11) is 0. The van der Waals surface area contributed by atoms with Crippen molar-refractivity contribution in [2.24, 2.45) is 0 Å². The molecule has 0 bridgehead atoms. The van der Waals surface area contributed by atoms with Crippen molar-refractivity contribution < 1.29 is 9.90 Å². The molecule has 0 aliphatic carbocycles. The smallest absolute Gasteiger partial charge is 0.337 e. The highest BCUT2D eigenvalue weighted by Gasteiger charge is 2.12. The molecule has 2 heterocycles. The van der Waals surface area contributed by atoms with Crippen molar-refractivity contribution in [3.8, 4) is 11.4 Å². The quantitative estimate of drug-likeness (QED) is 0.747. The number of carbonyl (C=O) groups is 1. The Balaban J connectivity index is 1.99. The van der Waals surface area contributed by atoms with Gasteiger partial charge in [-0.2, -0.15) is 0 Å². The number of carboxylic acids is 1. The highest BCUT2D eigenvalue weighted by atomic mass is 16.4. The van der Waals surface area contributed by atoms with E-state index in [1.807, 2.05) is 26.0 Å². The van der Waals surface area contributed by atoms with E-state index in [1.54, 1.807) is 24.5 Å². The zero-order chi connectivity index (χ0) is 17.1. The molecule has 0 amide bonds.